The second-order valence-electron chi connectivity index (χ2n) is 4.24. The zero-order chi connectivity index (χ0) is 16.3. The van der Waals surface area contributed by atoms with E-state index in [4.69, 9.17) is 5.73 Å². The summed E-state index contributed by atoms with van der Waals surface area (Å²) in [5.41, 5.74) is 5.62. The quantitative estimate of drug-likeness (QED) is 0.746. The van der Waals surface area contributed by atoms with Crippen LogP contribution < -0.4 is 15.8 Å². The van der Waals surface area contributed by atoms with Gasteiger partial charge in [0.25, 0.3) is 0 Å². The molecular weight excluding hydrogens is 311 g/mol. The molecule has 10 heteroatoms. The number of nitrogens with one attached hydrogen (secondary N) is 2. The summed E-state index contributed by atoms with van der Waals surface area (Å²) in [6, 6.07) is 3.91. The molecule has 21 heavy (non-hydrogen) atoms. The third-order valence-electron chi connectivity index (χ3n) is 2.31. The molecule has 0 aliphatic heterocycles. The first-order valence-electron chi connectivity index (χ1n) is 5.74. The van der Waals surface area contributed by atoms with E-state index in [0.29, 0.717) is 0 Å². The van der Waals surface area contributed by atoms with Crippen LogP contribution in [0.15, 0.2) is 29.2 Å². The number of amides is 1. The average Bonchev–Trinajstić information content (AvgIpc) is 2.36. The zero-order valence-corrected chi connectivity index (χ0v) is 11.8. The van der Waals surface area contributed by atoms with Crippen molar-refractivity contribution >= 4 is 21.6 Å². The molecule has 1 atom stereocenters. The van der Waals surface area contributed by atoms with E-state index < -0.39 is 34.7 Å². The Kier molecular flexibility index (Phi) is 5.31. The summed E-state index contributed by atoms with van der Waals surface area (Å²) in [7, 11) is -4.26. The lowest BCUT2D eigenvalue weighted by Crippen LogP contribution is -2.34. The van der Waals surface area contributed by atoms with Crippen LogP contribution in [-0.4, -0.2) is 33.1 Å². The molecule has 118 valence electrons. The third-order valence-corrected chi connectivity index (χ3v) is 3.73. The molecule has 1 aromatic carbocycles. The molecule has 0 aliphatic carbocycles. The van der Waals surface area contributed by atoms with Crippen LogP contribution in [0.4, 0.5) is 18.9 Å². The third kappa shape index (κ3) is 5.69. The fraction of sp³-hybridized carbons (Fsp3) is 0.364. The maximum atomic E-state index is 12.0. The van der Waals surface area contributed by atoms with Gasteiger partial charge in [0, 0.05) is 5.69 Å². The van der Waals surface area contributed by atoms with Crippen molar-refractivity contribution in [2.24, 2.45) is 5.73 Å². The van der Waals surface area contributed by atoms with Gasteiger partial charge in [-0.3, -0.25) is 4.79 Å². The molecule has 0 radical (unpaired) electrons. The van der Waals surface area contributed by atoms with Crippen LogP contribution in [0.25, 0.3) is 0 Å². The van der Waals surface area contributed by atoms with Gasteiger partial charge in [-0.25, -0.2) is 13.1 Å². The lowest BCUT2D eigenvalue weighted by Gasteiger charge is -2.11. The van der Waals surface area contributed by atoms with Crippen LogP contribution >= 0.6 is 0 Å². The van der Waals surface area contributed by atoms with E-state index in [1.54, 1.807) is 0 Å². The van der Waals surface area contributed by atoms with Crippen LogP contribution in [0.3, 0.4) is 0 Å². The number of hydrogen-bond donors (Lipinski definition) is 3. The molecule has 0 saturated carbocycles. The highest BCUT2D eigenvalue weighted by Gasteiger charge is 2.30. The van der Waals surface area contributed by atoms with Crippen molar-refractivity contribution in [2.75, 3.05) is 11.9 Å². The van der Waals surface area contributed by atoms with Gasteiger partial charge in [-0.05, 0) is 31.2 Å². The first kappa shape index (κ1) is 17.4. The van der Waals surface area contributed by atoms with Crippen LogP contribution in [0.2, 0.25) is 0 Å². The molecule has 0 aliphatic rings. The fourth-order valence-corrected chi connectivity index (χ4v) is 2.25. The first-order chi connectivity index (χ1) is 9.51. The number of halogens is 3. The van der Waals surface area contributed by atoms with E-state index in [2.05, 4.69) is 5.32 Å². The molecule has 0 bridgehead atoms. The Morgan fingerprint density at radius 2 is 1.81 bits per heavy atom. The van der Waals surface area contributed by atoms with Crippen molar-refractivity contribution in [1.29, 1.82) is 0 Å². The molecule has 0 unspecified atom stereocenters. The van der Waals surface area contributed by atoms with E-state index in [0.717, 1.165) is 12.1 Å². The molecule has 1 rings (SSSR count). The Balaban J connectivity index is 2.80. The topological polar surface area (TPSA) is 101 Å². The molecule has 1 aromatic rings. The highest BCUT2D eigenvalue weighted by atomic mass is 32.2. The van der Waals surface area contributed by atoms with Gasteiger partial charge in [0.15, 0.2) is 0 Å². The molecule has 0 heterocycles. The van der Waals surface area contributed by atoms with E-state index in [-0.39, 0.29) is 10.6 Å². The Hall–Kier alpha value is -1.65. The standard InChI is InChI=1S/C11H14F3N3O3S/c1-7(15)10(18)17-8-2-4-9(5-3-8)21(19,20)16-6-11(12,13)14/h2-5,7,16H,6,15H2,1H3,(H,17,18)/t7-/m0/s1. The van der Waals surface area contributed by atoms with Crippen molar-refractivity contribution in [3.8, 4) is 0 Å². The number of alkyl halides is 3. The minimum Gasteiger partial charge on any atom is -0.325 e. The second-order valence-corrected chi connectivity index (χ2v) is 6.01. The largest absolute Gasteiger partial charge is 0.402 e. The molecule has 0 spiro atoms. The van der Waals surface area contributed by atoms with E-state index in [1.165, 1.54) is 23.8 Å². The molecular formula is C11H14F3N3O3S. The maximum Gasteiger partial charge on any atom is 0.402 e. The van der Waals surface area contributed by atoms with E-state index in [1.807, 2.05) is 0 Å². The van der Waals surface area contributed by atoms with Crippen LogP contribution in [0, 0.1) is 0 Å². The molecule has 1 amide bonds. The Bertz CT molecular complexity index is 597. The van der Waals surface area contributed by atoms with Crippen molar-refractivity contribution in [3.05, 3.63) is 24.3 Å². The number of anilines is 1. The minimum absolute atomic E-state index is 0.284. The van der Waals surface area contributed by atoms with Gasteiger partial charge in [-0.1, -0.05) is 0 Å². The summed E-state index contributed by atoms with van der Waals surface area (Å²) in [6.45, 7) is -0.187. The molecule has 6 nitrogen and oxygen atoms in total. The predicted molar refractivity (Wildman–Crippen MR) is 70.0 cm³/mol. The first-order valence-corrected chi connectivity index (χ1v) is 7.22. The van der Waals surface area contributed by atoms with Crippen molar-refractivity contribution in [1.82, 2.24) is 4.72 Å². The van der Waals surface area contributed by atoms with Gasteiger partial charge in [0.1, 0.15) is 6.54 Å². The lowest BCUT2D eigenvalue weighted by atomic mass is 10.3. The summed E-state index contributed by atoms with van der Waals surface area (Å²) in [5.74, 6) is -0.471. The summed E-state index contributed by atoms with van der Waals surface area (Å²) < 4.78 is 60.6. The normalized spacial score (nSPS) is 13.8. The van der Waals surface area contributed by atoms with Crippen LogP contribution in [-0.2, 0) is 14.8 Å². The summed E-state index contributed by atoms with van der Waals surface area (Å²) in [6.07, 6.45) is -4.64. The predicted octanol–water partition coefficient (Wildman–Crippen LogP) is 0.813. The monoisotopic (exact) mass is 325 g/mol. The zero-order valence-electron chi connectivity index (χ0n) is 10.9. The van der Waals surface area contributed by atoms with Gasteiger partial charge in [-0.15, -0.1) is 0 Å². The van der Waals surface area contributed by atoms with E-state index >= 15 is 0 Å². The van der Waals surface area contributed by atoms with E-state index in [9.17, 15) is 26.4 Å². The van der Waals surface area contributed by atoms with Crippen molar-refractivity contribution in [2.45, 2.75) is 24.0 Å². The highest BCUT2D eigenvalue weighted by Crippen LogP contribution is 2.17. The van der Waals surface area contributed by atoms with Gasteiger partial charge < -0.3 is 11.1 Å². The van der Waals surface area contributed by atoms with Gasteiger partial charge in [0.2, 0.25) is 15.9 Å². The lowest BCUT2D eigenvalue weighted by molar-refractivity contribution is -0.121. The molecule has 4 N–H and O–H groups in total. The average molecular weight is 325 g/mol. The highest BCUT2D eigenvalue weighted by molar-refractivity contribution is 7.89. The number of benzene rings is 1. The number of sulfonamides is 1. The summed E-state index contributed by atoms with van der Waals surface area (Å²) in [4.78, 5) is 11.0. The fourth-order valence-electron chi connectivity index (χ4n) is 1.23. The van der Waals surface area contributed by atoms with Crippen LogP contribution in [0.1, 0.15) is 6.92 Å². The number of hydrogen-bond acceptors (Lipinski definition) is 4. The van der Waals surface area contributed by atoms with Crippen molar-refractivity contribution < 1.29 is 26.4 Å². The number of rotatable bonds is 5. The second kappa shape index (κ2) is 6.41. The van der Waals surface area contributed by atoms with Gasteiger partial charge in [-0.2, -0.15) is 13.2 Å². The Morgan fingerprint density at radius 1 is 1.29 bits per heavy atom. The number of carbonyl (C=O) groups is 1. The summed E-state index contributed by atoms with van der Waals surface area (Å²) >= 11 is 0. The Morgan fingerprint density at radius 3 is 2.24 bits per heavy atom. The van der Waals surface area contributed by atoms with Crippen molar-refractivity contribution in [3.63, 3.8) is 0 Å². The minimum atomic E-state index is -4.64. The SMILES string of the molecule is C[C@H](N)C(=O)Nc1ccc(S(=O)(=O)NCC(F)(F)F)cc1. The number of nitrogens with two attached hydrogens (primary N) is 1. The number of carbonyl (C=O) groups excluding carboxylic acids is 1. The smallest absolute Gasteiger partial charge is 0.325 e. The molecule has 0 aromatic heterocycles. The van der Waals surface area contributed by atoms with Gasteiger partial charge in [0.05, 0.1) is 10.9 Å². The molecule has 0 saturated heterocycles. The van der Waals surface area contributed by atoms with Crippen LogP contribution in [0.5, 0.6) is 0 Å². The Labute approximate surface area is 119 Å². The summed E-state index contributed by atoms with van der Waals surface area (Å²) in [5, 5.41) is 2.42. The molecule has 0 fully saturated rings. The van der Waals surface area contributed by atoms with Gasteiger partial charge >= 0.3 is 6.18 Å². The maximum absolute atomic E-state index is 12.0.